The van der Waals surface area contributed by atoms with Crippen molar-refractivity contribution in [1.29, 1.82) is 0 Å². The largest absolute Gasteiger partial charge is 0.463 e. The first kappa shape index (κ1) is 13.6. The monoisotopic (exact) mass is 279 g/mol. The molecule has 5 heteroatoms. The molecule has 0 radical (unpaired) electrons. The van der Waals surface area contributed by atoms with Gasteiger partial charge in [-0.15, -0.1) is 0 Å². The number of esters is 1. The standard InChI is InChI=1S/C15H21NO4/c1-18-15(17)14-11(6-8-20-14)10-16-7-9-19-13-5-3-2-4-12(13)16/h6,8,12-13H,2-5,7,9-10H2,1H3/t12-,13-/m0/s1. The maximum atomic E-state index is 11.7. The van der Waals surface area contributed by atoms with Crippen LogP contribution < -0.4 is 0 Å². The van der Waals surface area contributed by atoms with Gasteiger partial charge >= 0.3 is 5.97 Å². The highest BCUT2D eigenvalue weighted by atomic mass is 16.5. The molecule has 0 unspecified atom stereocenters. The predicted octanol–water partition coefficient (Wildman–Crippen LogP) is 2.21. The SMILES string of the molecule is COC(=O)c1occc1CN1CCO[C@H]2CCCC[C@@H]21. The van der Waals surface area contributed by atoms with Crippen LogP contribution in [0.4, 0.5) is 0 Å². The van der Waals surface area contributed by atoms with Crippen molar-refractivity contribution in [3.63, 3.8) is 0 Å². The summed E-state index contributed by atoms with van der Waals surface area (Å²) in [6.45, 7) is 2.41. The summed E-state index contributed by atoms with van der Waals surface area (Å²) in [5.41, 5.74) is 0.906. The smallest absolute Gasteiger partial charge is 0.374 e. The van der Waals surface area contributed by atoms with Gasteiger partial charge in [0.25, 0.3) is 0 Å². The van der Waals surface area contributed by atoms with E-state index in [0.717, 1.165) is 31.7 Å². The highest BCUT2D eigenvalue weighted by Gasteiger charge is 2.34. The van der Waals surface area contributed by atoms with Crippen LogP contribution in [0.3, 0.4) is 0 Å². The summed E-state index contributed by atoms with van der Waals surface area (Å²) in [6, 6.07) is 2.33. The molecule has 1 saturated heterocycles. The molecule has 20 heavy (non-hydrogen) atoms. The molecule has 0 N–H and O–H groups in total. The van der Waals surface area contributed by atoms with E-state index < -0.39 is 5.97 Å². The van der Waals surface area contributed by atoms with Crippen molar-refractivity contribution in [3.05, 3.63) is 23.7 Å². The Labute approximate surface area is 118 Å². The van der Waals surface area contributed by atoms with Crippen molar-refractivity contribution in [2.24, 2.45) is 0 Å². The van der Waals surface area contributed by atoms with Crippen LogP contribution >= 0.6 is 0 Å². The molecular weight excluding hydrogens is 258 g/mol. The van der Waals surface area contributed by atoms with Crippen LogP contribution in [-0.4, -0.2) is 43.3 Å². The molecule has 2 heterocycles. The van der Waals surface area contributed by atoms with Crippen molar-refractivity contribution in [2.45, 2.75) is 44.4 Å². The van der Waals surface area contributed by atoms with Gasteiger partial charge in [0.1, 0.15) is 0 Å². The Bertz CT molecular complexity index is 468. The first-order valence-electron chi connectivity index (χ1n) is 7.30. The van der Waals surface area contributed by atoms with E-state index in [4.69, 9.17) is 13.9 Å². The number of nitrogens with zero attached hydrogens (tertiary/aromatic N) is 1. The van der Waals surface area contributed by atoms with Crippen molar-refractivity contribution in [3.8, 4) is 0 Å². The van der Waals surface area contributed by atoms with E-state index in [-0.39, 0.29) is 0 Å². The van der Waals surface area contributed by atoms with Gasteiger partial charge in [-0.2, -0.15) is 0 Å². The molecule has 0 spiro atoms. The molecular formula is C15H21NO4. The van der Waals surface area contributed by atoms with Crippen LogP contribution in [0.5, 0.6) is 0 Å². The quantitative estimate of drug-likeness (QED) is 0.794. The molecule has 1 aromatic rings. The van der Waals surface area contributed by atoms with Gasteiger partial charge in [-0.3, -0.25) is 4.90 Å². The Morgan fingerprint density at radius 2 is 2.30 bits per heavy atom. The van der Waals surface area contributed by atoms with Crippen molar-refractivity contribution in [1.82, 2.24) is 4.90 Å². The lowest BCUT2D eigenvalue weighted by Crippen LogP contribution is -2.52. The number of rotatable bonds is 3. The Morgan fingerprint density at radius 3 is 3.15 bits per heavy atom. The van der Waals surface area contributed by atoms with Crippen LogP contribution in [0.25, 0.3) is 0 Å². The lowest BCUT2D eigenvalue weighted by Gasteiger charge is -2.43. The van der Waals surface area contributed by atoms with Crippen LogP contribution in [-0.2, 0) is 16.0 Å². The zero-order chi connectivity index (χ0) is 13.9. The van der Waals surface area contributed by atoms with E-state index in [1.165, 1.54) is 26.4 Å². The predicted molar refractivity (Wildman–Crippen MR) is 72.5 cm³/mol. The molecule has 0 aromatic carbocycles. The zero-order valence-electron chi connectivity index (χ0n) is 11.8. The normalized spacial score (nSPS) is 27.1. The Hall–Kier alpha value is -1.33. The third kappa shape index (κ3) is 2.60. The molecule has 2 aliphatic rings. The maximum Gasteiger partial charge on any atom is 0.374 e. The van der Waals surface area contributed by atoms with E-state index in [9.17, 15) is 4.79 Å². The molecule has 0 amide bonds. The van der Waals surface area contributed by atoms with Crippen LogP contribution in [0.15, 0.2) is 16.7 Å². The summed E-state index contributed by atoms with van der Waals surface area (Å²) in [5.74, 6) is -0.0789. The van der Waals surface area contributed by atoms with Gasteiger partial charge in [0.15, 0.2) is 0 Å². The number of methoxy groups -OCH3 is 1. The second-order valence-electron chi connectivity index (χ2n) is 5.50. The minimum atomic E-state index is -0.404. The summed E-state index contributed by atoms with van der Waals surface area (Å²) in [6.07, 6.45) is 6.75. The second-order valence-corrected chi connectivity index (χ2v) is 5.50. The molecule has 1 aliphatic carbocycles. The maximum absolute atomic E-state index is 11.7. The lowest BCUT2D eigenvalue weighted by atomic mass is 9.90. The number of hydrogen-bond donors (Lipinski definition) is 0. The van der Waals surface area contributed by atoms with E-state index in [0.29, 0.717) is 17.9 Å². The Kier molecular flexibility index (Phi) is 4.08. The van der Waals surface area contributed by atoms with E-state index >= 15 is 0 Å². The minimum absolute atomic E-state index is 0.325. The fourth-order valence-corrected chi connectivity index (χ4v) is 3.32. The third-order valence-corrected chi connectivity index (χ3v) is 4.34. The van der Waals surface area contributed by atoms with Crippen LogP contribution in [0, 0.1) is 0 Å². The highest BCUT2D eigenvalue weighted by molar-refractivity contribution is 5.87. The number of fused-ring (bicyclic) bond motifs is 1. The molecule has 0 bridgehead atoms. The average molecular weight is 279 g/mol. The third-order valence-electron chi connectivity index (χ3n) is 4.34. The van der Waals surface area contributed by atoms with E-state index in [1.807, 2.05) is 6.07 Å². The number of hydrogen-bond acceptors (Lipinski definition) is 5. The van der Waals surface area contributed by atoms with Crippen LogP contribution in [0.1, 0.15) is 41.8 Å². The van der Waals surface area contributed by atoms with Gasteiger partial charge in [-0.25, -0.2) is 4.79 Å². The van der Waals surface area contributed by atoms with Crippen molar-refractivity contribution >= 4 is 5.97 Å². The van der Waals surface area contributed by atoms with Gasteiger partial charge in [0.2, 0.25) is 5.76 Å². The molecule has 5 nitrogen and oxygen atoms in total. The second kappa shape index (κ2) is 5.97. The zero-order valence-corrected chi connectivity index (χ0v) is 11.8. The average Bonchev–Trinajstić information content (AvgIpc) is 2.95. The van der Waals surface area contributed by atoms with Gasteiger partial charge < -0.3 is 13.9 Å². The molecule has 1 aliphatic heterocycles. The fourth-order valence-electron chi connectivity index (χ4n) is 3.32. The molecule has 1 aromatic heterocycles. The minimum Gasteiger partial charge on any atom is -0.463 e. The molecule has 2 fully saturated rings. The van der Waals surface area contributed by atoms with E-state index in [1.54, 1.807) is 6.26 Å². The topological polar surface area (TPSA) is 51.9 Å². The number of carbonyl (C=O) groups excluding carboxylic acids is 1. The number of furan rings is 1. The van der Waals surface area contributed by atoms with Gasteiger partial charge in [0, 0.05) is 24.7 Å². The molecule has 2 atom stereocenters. The summed E-state index contributed by atoms with van der Waals surface area (Å²) >= 11 is 0. The van der Waals surface area contributed by atoms with Crippen LogP contribution in [0.2, 0.25) is 0 Å². The number of morpholine rings is 1. The Morgan fingerprint density at radius 1 is 1.45 bits per heavy atom. The molecule has 1 saturated carbocycles. The van der Waals surface area contributed by atoms with Gasteiger partial charge in [-0.1, -0.05) is 12.8 Å². The fraction of sp³-hybridized carbons (Fsp3) is 0.667. The number of ether oxygens (including phenoxy) is 2. The number of carbonyl (C=O) groups is 1. The van der Waals surface area contributed by atoms with Crippen molar-refractivity contribution in [2.75, 3.05) is 20.3 Å². The van der Waals surface area contributed by atoms with Crippen molar-refractivity contribution < 1.29 is 18.7 Å². The molecule has 110 valence electrons. The van der Waals surface area contributed by atoms with Gasteiger partial charge in [0.05, 0.1) is 26.1 Å². The summed E-state index contributed by atoms with van der Waals surface area (Å²) in [4.78, 5) is 14.1. The summed E-state index contributed by atoms with van der Waals surface area (Å²) < 4.78 is 15.9. The summed E-state index contributed by atoms with van der Waals surface area (Å²) in [5, 5.41) is 0. The lowest BCUT2D eigenvalue weighted by molar-refractivity contribution is -0.0912. The van der Waals surface area contributed by atoms with Gasteiger partial charge in [-0.05, 0) is 18.9 Å². The first-order valence-corrected chi connectivity index (χ1v) is 7.30. The highest BCUT2D eigenvalue weighted by Crippen LogP contribution is 2.30. The molecule has 3 rings (SSSR count). The van der Waals surface area contributed by atoms with E-state index in [2.05, 4.69) is 4.90 Å². The Balaban J connectivity index is 1.73. The first-order chi connectivity index (χ1) is 9.79. The summed E-state index contributed by atoms with van der Waals surface area (Å²) in [7, 11) is 1.38.